The van der Waals surface area contributed by atoms with Gasteiger partial charge in [0.1, 0.15) is 6.10 Å². The quantitative estimate of drug-likeness (QED) is 0.308. The molecule has 0 aromatic heterocycles. The summed E-state index contributed by atoms with van der Waals surface area (Å²) in [6.07, 6.45) is 2.45. The van der Waals surface area contributed by atoms with Crippen LogP contribution in [0.3, 0.4) is 0 Å². The summed E-state index contributed by atoms with van der Waals surface area (Å²) in [4.78, 5) is 0. The van der Waals surface area contributed by atoms with Gasteiger partial charge >= 0.3 is 9.53 Å². The highest BCUT2D eigenvalue weighted by Gasteiger charge is 2.23. The maximum Gasteiger partial charge on any atom is 0.577 e. The molecule has 107 valence electrons. The molecule has 0 bridgehead atoms. The van der Waals surface area contributed by atoms with Crippen LogP contribution in [0, 0.1) is 0 Å². The summed E-state index contributed by atoms with van der Waals surface area (Å²) in [5.74, 6) is 0. The van der Waals surface area contributed by atoms with Crippen LogP contribution in [0.1, 0.15) is 33.6 Å². The van der Waals surface area contributed by atoms with E-state index in [4.69, 9.17) is 22.8 Å². The minimum atomic E-state index is -1.55. The van der Waals surface area contributed by atoms with Crippen molar-refractivity contribution in [1.29, 1.82) is 0 Å². The Morgan fingerprint density at radius 3 is 2.50 bits per heavy atom. The second-order valence-electron chi connectivity index (χ2n) is 4.22. The molecule has 0 N–H and O–H groups in total. The fraction of sp³-hybridized carbons (Fsp3) is 1.00. The Hall–Kier alpha value is 0.0169. The van der Waals surface area contributed by atoms with E-state index in [0.29, 0.717) is 19.3 Å². The molecule has 2 atom stereocenters. The van der Waals surface area contributed by atoms with Crippen LogP contribution in [-0.4, -0.2) is 54.8 Å². The maximum atomic E-state index is 5.75. The first kappa shape index (κ1) is 16.1. The summed E-state index contributed by atoms with van der Waals surface area (Å²) in [7, 11) is -1.55. The van der Waals surface area contributed by atoms with Crippen LogP contribution in [-0.2, 0) is 22.8 Å². The van der Waals surface area contributed by atoms with Crippen molar-refractivity contribution in [3.8, 4) is 0 Å². The smallest absolute Gasteiger partial charge is 0.379 e. The summed E-state index contributed by atoms with van der Waals surface area (Å²) in [6, 6.07) is 0. The predicted octanol–water partition coefficient (Wildman–Crippen LogP) is 1.65. The van der Waals surface area contributed by atoms with Crippen LogP contribution >= 0.6 is 0 Å². The van der Waals surface area contributed by atoms with Crippen LogP contribution in [0.2, 0.25) is 0 Å². The Kier molecular flexibility index (Phi) is 8.82. The Balaban J connectivity index is 1.97. The number of hydrogen-bond donors (Lipinski definition) is 0. The average Bonchev–Trinajstić information content (AvgIpc) is 3.13. The Morgan fingerprint density at radius 1 is 1.28 bits per heavy atom. The molecule has 0 aliphatic carbocycles. The third-order valence-corrected chi connectivity index (χ3v) is 4.07. The fourth-order valence-electron chi connectivity index (χ4n) is 1.42. The molecular formula is C12H25O5Si. The molecule has 6 heteroatoms. The zero-order chi connectivity index (χ0) is 13.2. The lowest BCUT2D eigenvalue weighted by Crippen LogP contribution is -2.31. The van der Waals surface area contributed by atoms with Crippen molar-refractivity contribution < 1.29 is 22.8 Å². The van der Waals surface area contributed by atoms with E-state index >= 15 is 0 Å². The summed E-state index contributed by atoms with van der Waals surface area (Å²) in [6.45, 7) is 9.55. The second-order valence-corrected chi connectivity index (χ2v) is 5.53. The molecule has 2 unspecified atom stereocenters. The van der Waals surface area contributed by atoms with Crippen molar-refractivity contribution in [2.75, 3.05) is 33.0 Å². The zero-order valence-electron chi connectivity index (χ0n) is 11.6. The molecule has 18 heavy (non-hydrogen) atoms. The maximum absolute atomic E-state index is 5.75. The number of rotatable bonds is 12. The third-order valence-electron chi connectivity index (χ3n) is 2.43. The Bertz CT molecular complexity index is 195. The fourth-order valence-corrected chi connectivity index (χ4v) is 2.56. The van der Waals surface area contributed by atoms with E-state index in [9.17, 15) is 0 Å². The minimum Gasteiger partial charge on any atom is -0.379 e. The van der Waals surface area contributed by atoms with Gasteiger partial charge in [-0.3, -0.25) is 0 Å². The van der Waals surface area contributed by atoms with Crippen molar-refractivity contribution in [3.05, 3.63) is 0 Å². The number of ether oxygens (including phenoxy) is 2. The number of hydrogen-bond acceptors (Lipinski definition) is 5. The zero-order valence-corrected chi connectivity index (χ0v) is 12.6. The topological polar surface area (TPSA) is 49.5 Å². The van der Waals surface area contributed by atoms with E-state index in [2.05, 4.69) is 0 Å². The van der Waals surface area contributed by atoms with Crippen molar-refractivity contribution in [2.45, 2.75) is 45.8 Å². The molecule has 1 saturated heterocycles. The molecule has 0 amide bonds. The van der Waals surface area contributed by atoms with E-state index in [1.165, 1.54) is 0 Å². The van der Waals surface area contributed by atoms with Gasteiger partial charge in [-0.1, -0.05) is 0 Å². The molecule has 1 heterocycles. The van der Waals surface area contributed by atoms with E-state index in [0.717, 1.165) is 32.7 Å². The van der Waals surface area contributed by atoms with Gasteiger partial charge in [0.2, 0.25) is 0 Å². The van der Waals surface area contributed by atoms with E-state index < -0.39 is 9.53 Å². The molecule has 0 aromatic carbocycles. The lowest BCUT2D eigenvalue weighted by molar-refractivity contribution is 0.0577. The summed E-state index contributed by atoms with van der Waals surface area (Å²) in [5, 5.41) is 0. The van der Waals surface area contributed by atoms with Crippen LogP contribution in [0.5, 0.6) is 0 Å². The van der Waals surface area contributed by atoms with E-state index in [1.807, 2.05) is 20.8 Å². The van der Waals surface area contributed by atoms with E-state index in [-0.39, 0.29) is 6.10 Å². The first-order valence-corrected chi connectivity index (χ1v) is 7.97. The van der Waals surface area contributed by atoms with Gasteiger partial charge in [0, 0.05) is 25.9 Å². The lowest BCUT2D eigenvalue weighted by atomic mass is 10.2. The SMILES string of the molecule is CCO[Si](OCC)OC(C)CCCOCC1CO1. The average molecular weight is 277 g/mol. The van der Waals surface area contributed by atoms with Crippen LogP contribution in [0.25, 0.3) is 0 Å². The van der Waals surface area contributed by atoms with Gasteiger partial charge in [-0.25, -0.2) is 0 Å². The molecule has 1 fully saturated rings. The van der Waals surface area contributed by atoms with Gasteiger partial charge in [0.15, 0.2) is 0 Å². The van der Waals surface area contributed by atoms with Gasteiger partial charge in [-0.05, 0) is 33.6 Å². The van der Waals surface area contributed by atoms with Gasteiger partial charge in [0.25, 0.3) is 0 Å². The lowest BCUT2D eigenvalue weighted by Gasteiger charge is -2.18. The highest BCUT2D eigenvalue weighted by atomic mass is 28.3. The predicted molar refractivity (Wildman–Crippen MR) is 69.3 cm³/mol. The van der Waals surface area contributed by atoms with E-state index in [1.54, 1.807) is 0 Å². The van der Waals surface area contributed by atoms with Crippen LogP contribution in [0.15, 0.2) is 0 Å². The molecule has 1 rings (SSSR count). The van der Waals surface area contributed by atoms with Crippen molar-refractivity contribution >= 4 is 9.53 Å². The summed E-state index contributed by atoms with van der Waals surface area (Å²) >= 11 is 0. The highest BCUT2D eigenvalue weighted by molar-refractivity contribution is 6.36. The monoisotopic (exact) mass is 277 g/mol. The Labute approximate surface area is 112 Å². The van der Waals surface area contributed by atoms with Gasteiger partial charge in [-0.15, -0.1) is 0 Å². The van der Waals surface area contributed by atoms with Crippen LogP contribution in [0.4, 0.5) is 0 Å². The molecule has 1 aliphatic rings. The number of epoxide rings is 1. The first-order valence-electron chi connectivity index (χ1n) is 6.74. The normalized spacial score (nSPS) is 20.3. The van der Waals surface area contributed by atoms with Crippen molar-refractivity contribution in [2.24, 2.45) is 0 Å². The largest absolute Gasteiger partial charge is 0.577 e. The van der Waals surface area contributed by atoms with Gasteiger partial charge in [0.05, 0.1) is 13.2 Å². The molecule has 0 aromatic rings. The highest BCUT2D eigenvalue weighted by Crippen LogP contribution is 2.10. The molecule has 5 nitrogen and oxygen atoms in total. The summed E-state index contributed by atoms with van der Waals surface area (Å²) < 4.78 is 27.1. The first-order chi connectivity index (χ1) is 8.76. The van der Waals surface area contributed by atoms with Crippen LogP contribution < -0.4 is 0 Å². The van der Waals surface area contributed by atoms with Gasteiger partial charge in [-0.2, -0.15) is 0 Å². The molecule has 1 radical (unpaired) electrons. The molecular weight excluding hydrogens is 252 g/mol. The summed E-state index contributed by atoms with van der Waals surface area (Å²) in [5.41, 5.74) is 0. The standard InChI is InChI=1S/C12H25O5Si/c1-4-15-18(16-5-2)17-11(3)7-6-8-13-9-12-10-14-12/h11-12H,4-10H2,1-3H3. The van der Waals surface area contributed by atoms with Crippen molar-refractivity contribution in [3.63, 3.8) is 0 Å². The molecule has 0 saturated carbocycles. The minimum absolute atomic E-state index is 0.151. The van der Waals surface area contributed by atoms with Crippen molar-refractivity contribution in [1.82, 2.24) is 0 Å². The molecule has 1 aliphatic heterocycles. The van der Waals surface area contributed by atoms with Gasteiger partial charge < -0.3 is 22.8 Å². The third kappa shape index (κ3) is 8.18. The Morgan fingerprint density at radius 2 is 1.94 bits per heavy atom. The second kappa shape index (κ2) is 9.88. The molecule has 0 spiro atoms.